The van der Waals surface area contributed by atoms with Crippen LogP contribution in [0.25, 0.3) is 0 Å². The van der Waals surface area contributed by atoms with E-state index in [0.29, 0.717) is 0 Å². The van der Waals surface area contributed by atoms with Crippen molar-refractivity contribution in [1.29, 1.82) is 0 Å². The number of nitrogens with zero attached hydrogens (tertiary/aromatic N) is 2. The van der Waals surface area contributed by atoms with Crippen LogP contribution in [0.3, 0.4) is 0 Å². The fourth-order valence-electron chi connectivity index (χ4n) is 4.41. The Balaban J connectivity index is 0.000000209. The van der Waals surface area contributed by atoms with Gasteiger partial charge in [-0.15, -0.1) is 0 Å². The molecule has 0 atom stereocenters. The van der Waals surface area contributed by atoms with Crippen molar-refractivity contribution < 1.29 is 17.6 Å². The molecule has 5 aromatic rings. The van der Waals surface area contributed by atoms with Crippen molar-refractivity contribution in [3.05, 3.63) is 161 Å². The number of hydrogen-bond donors (Lipinski definition) is 0. The number of halogens is 6. The number of benzene rings is 3. The maximum atomic E-state index is 12.6. The number of aromatic nitrogens is 2. The lowest BCUT2D eigenvalue weighted by Gasteiger charge is -2.02. The Morgan fingerprint density at radius 1 is 0.440 bits per heavy atom. The van der Waals surface area contributed by atoms with Crippen molar-refractivity contribution in [3.63, 3.8) is 0 Å². The van der Waals surface area contributed by atoms with E-state index in [9.17, 15) is 17.6 Å². The third kappa shape index (κ3) is 14.2. The number of aryl methyl sites for hydroxylation is 2. The molecule has 0 N–H and O–H groups in total. The van der Waals surface area contributed by atoms with Crippen molar-refractivity contribution in [1.82, 2.24) is 9.97 Å². The van der Waals surface area contributed by atoms with Gasteiger partial charge in [-0.3, -0.25) is 9.97 Å². The zero-order valence-electron chi connectivity index (χ0n) is 28.1. The molecule has 8 heteroatoms. The molecule has 0 spiro atoms. The maximum Gasteiger partial charge on any atom is 0.176 e. The van der Waals surface area contributed by atoms with Crippen LogP contribution < -0.4 is 0 Å². The summed E-state index contributed by atoms with van der Waals surface area (Å²) < 4.78 is 49.2. The van der Waals surface area contributed by atoms with Crippen LogP contribution in [-0.4, -0.2) is 9.97 Å². The van der Waals surface area contributed by atoms with Crippen LogP contribution in [0.1, 0.15) is 85.8 Å². The molecule has 0 saturated heterocycles. The molecule has 0 aliphatic carbocycles. The largest absolute Gasteiger partial charge is 0.265 e. The molecule has 2 heterocycles. The van der Waals surface area contributed by atoms with Gasteiger partial charge in [0.2, 0.25) is 0 Å². The summed E-state index contributed by atoms with van der Waals surface area (Å²) in [6.45, 7) is 4.47. The van der Waals surface area contributed by atoms with Crippen LogP contribution in [0.2, 0.25) is 0 Å². The molecule has 3 aromatic carbocycles. The van der Waals surface area contributed by atoms with Gasteiger partial charge in [0, 0.05) is 47.0 Å². The highest BCUT2D eigenvalue weighted by molar-refractivity contribution is 14.1. The zero-order valence-corrected chi connectivity index (χ0v) is 32.4. The predicted molar refractivity (Wildman–Crippen MR) is 211 cm³/mol. The molecule has 0 aliphatic rings. The van der Waals surface area contributed by atoms with E-state index < -0.39 is 30.4 Å². The molecule has 2 nitrogen and oxygen atoms in total. The monoisotopic (exact) mass is 900 g/mol. The summed E-state index contributed by atoms with van der Waals surface area (Å²) in [6.07, 6.45) is 17.1. The molecular formula is C42H38F4I2N2. The Morgan fingerprint density at radius 3 is 1.00 bits per heavy atom. The molecule has 258 valence electrons. The van der Waals surface area contributed by atoms with Gasteiger partial charge in [0.25, 0.3) is 0 Å². The van der Waals surface area contributed by atoms with Gasteiger partial charge in [0.15, 0.2) is 23.3 Å². The Labute approximate surface area is 320 Å². The van der Waals surface area contributed by atoms with Crippen LogP contribution >= 0.6 is 45.2 Å². The lowest BCUT2D eigenvalue weighted by Crippen LogP contribution is -2.02. The second-order valence-electron chi connectivity index (χ2n) is 11.2. The standard InChI is InChI=1S/2C18H19N.C6F4I2/c2*1-2-3-4-5-16-6-8-17(9-7-16)10-11-18-12-14-19-15-13-18;7-1-2(8)6(12)4(10)3(9)5(1)11/h2*6-9,12-15H,2-5H2,1H3;. The fourth-order valence-corrected chi connectivity index (χ4v) is 5.35. The highest BCUT2D eigenvalue weighted by Crippen LogP contribution is 2.26. The van der Waals surface area contributed by atoms with Crippen molar-refractivity contribution in [2.24, 2.45) is 0 Å². The predicted octanol–water partition coefficient (Wildman–Crippen LogP) is 11.9. The third-order valence-corrected chi connectivity index (χ3v) is 9.16. The first-order valence-electron chi connectivity index (χ1n) is 16.4. The lowest BCUT2D eigenvalue weighted by molar-refractivity contribution is 0.437. The van der Waals surface area contributed by atoms with E-state index in [1.165, 1.54) is 108 Å². The van der Waals surface area contributed by atoms with Crippen molar-refractivity contribution in [3.8, 4) is 23.7 Å². The molecule has 0 amide bonds. The van der Waals surface area contributed by atoms with Crippen LogP contribution in [0, 0.1) is 54.1 Å². The first-order valence-corrected chi connectivity index (χ1v) is 18.6. The molecule has 0 saturated carbocycles. The van der Waals surface area contributed by atoms with Crippen LogP contribution in [0.4, 0.5) is 17.6 Å². The highest BCUT2D eigenvalue weighted by Gasteiger charge is 2.21. The Bertz CT molecular complexity index is 1660. The topological polar surface area (TPSA) is 25.8 Å². The van der Waals surface area contributed by atoms with Gasteiger partial charge >= 0.3 is 0 Å². The molecule has 5 rings (SSSR count). The molecule has 0 bridgehead atoms. The second-order valence-corrected chi connectivity index (χ2v) is 13.3. The number of hydrogen-bond acceptors (Lipinski definition) is 2. The molecule has 50 heavy (non-hydrogen) atoms. The Morgan fingerprint density at radius 2 is 0.720 bits per heavy atom. The van der Waals surface area contributed by atoms with Crippen molar-refractivity contribution in [2.75, 3.05) is 0 Å². The summed E-state index contributed by atoms with van der Waals surface area (Å²) in [5, 5.41) is 0. The summed E-state index contributed by atoms with van der Waals surface area (Å²) in [4.78, 5) is 7.96. The summed E-state index contributed by atoms with van der Waals surface area (Å²) in [6, 6.07) is 24.9. The van der Waals surface area contributed by atoms with E-state index in [0.717, 1.165) is 22.3 Å². The minimum atomic E-state index is -1.35. The maximum absolute atomic E-state index is 12.6. The molecule has 0 aliphatic heterocycles. The number of pyridine rings is 2. The molecule has 0 fully saturated rings. The van der Waals surface area contributed by atoms with Crippen LogP contribution in [0.5, 0.6) is 0 Å². The number of rotatable bonds is 8. The molecular weight excluding hydrogens is 862 g/mol. The fraction of sp³-hybridized carbons (Fsp3) is 0.238. The van der Waals surface area contributed by atoms with Gasteiger partial charge in [-0.2, -0.15) is 0 Å². The second kappa shape index (κ2) is 22.9. The van der Waals surface area contributed by atoms with E-state index >= 15 is 0 Å². The molecule has 2 aromatic heterocycles. The Kier molecular flexibility index (Phi) is 18.6. The van der Waals surface area contributed by atoms with Crippen molar-refractivity contribution in [2.45, 2.75) is 65.2 Å². The normalized spacial score (nSPS) is 9.92. The van der Waals surface area contributed by atoms with Gasteiger partial charge < -0.3 is 0 Å². The van der Waals surface area contributed by atoms with Gasteiger partial charge in [0.1, 0.15) is 0 Å². The smallest absolute Gasteiger partial charge is 0.176 e. The summed E-state index contributed by atoms with van der Waals surface area (Å²) in [7, 11) is 0. The minimum Gasteiger partial charge on any atom is -0.265 e. The molecule has 0 unspecified atom stereocenters. The van der Waals surface area contributed by atoms with Crippen molar-refractivity contribution >= 4 is 45.2 Å². The lowest BCUT2D eigenvalue weighted by atomic mass is 10.1. The third-order valence-electron chi connectivity index (χ3n) is 7.27. The zero-order chi connectivity index (χ0) is 36.1. The van der Waals surface area contributed by atoms with E-state index in [1.807, 2.05) is 24.3 Å². The van der Waals surface area contributed by atoms with Crippen LogP contribution in [0.15, 0.2) is 97.6 Å². The average molecular weight is 901 g/mol. The first kappa shape index (κ1) is 40.7. The Hall–Kier alpha value is -3.74. The quantitative estimate of drug-likeness (QED) is 0.0387. The minimum absolute atomic E-state index is 0.664. The SMILES string of the molecule is CCCCCc1ccc(C#Cc2ccncc2)cc1.CCCCCc1ccc(C#Cc2ccncc2)cc1.Fc1c(F)c(I)c(F)c(F)c1I. The van der Waals surface area contributed by atoms with Gasteiger partial charge in [0.05, 0.1) is 7.14 Å². The van der Waals surface area contributed by atoms with Crippen LogP contribution in [-0.2, 0) is 12.8 Å². The highest BCUT2D eigenvalue weighted by atomic mass is 127. The summed E-state index contributed by atoms with van der Waals surface area (Å²) >= 11 is 2.41. The number of unbranched alkanes of at least 4 members (excludes halogenated alkanes) is 4. The average Bonchev–Trinajstić information content (AvgIpc) is 3.16. The van der Waals surface area contributed by atoms with E-state index in [-0.39, 0.29) is 0 Å². The van der Waals surface area contributed by atoms with Gasteiger partial charge in [-0.25, -0.2) is 17.6 Å². The van der Waals surface area contributed by atoms with E-state index in [1.54, 1.807) is 24.8 Å². The first-order chi connectivity index (χ1) is 24.2. The molecule has 0 radical (unpaired) electrons. The van der Waals surface area contributed by atoms with Gasteiger partial charge in [-0.05, 0) is 131 Å². The summed E-state index contributed by atoms with van der Waals surface area (Å²) in [5.41, 5.74) is 6.95. The van der Waals surface area contributed by atoms with E-state index in [4.69, 9.17) is 0 Å². The van der Waals surface area contributed by atoms with Gasteiger partial charge in [-0.1, -0.05) is 87.5 Å². The summed E-state index contributed by atoms with van der Waals surface area (Å²) in [5.74, 6) is 7.25. The van der Waals surface area contributed by atoms with E-state index in [2.05, 4.69) is 96.0 Å².